The molecule has 0 aromatic heterocycles. The Hall–Kier alpha value is -1.59. The zero-order chi connectivity index (χ0) is 16.3. The minimum Gasteiger partial charge on any atom is -0.480 e. The SMILES string of the molecule is CC(NC(=O)C(C)(C)C)C(=O)N[C@H](C(=O)O)C(C)(C)C. The van der Waals surface area contributed by atoms with Crippen LogP contribution in [0.25, 0.3) is 0 Å². The monoisotopic (exact) mass is 286 g/mol. The molecular formula is C14H26N2O4. The van der Waals surface area contributed by atoms with Crippen molar-refractivity contribution in [3.05, 3.63) is 0 Å². The number of carbonyl (C=O) groups is 3. The van der Waals surface area contributed by atoms with Gasteiger partial charge in [-0.05, 0) is 12.3 Å². The van der Waals surface area contributed by atoms with Crippen LogP contribution in [0.1, 0.15) is 48.5 Å². The Morgan fingerprint density at radius 2 is 1.40 bits per heavy atom. The van der Waals surface area contributed by atoms with Crippen LogP contribution in [0, 0.1) is 10.8 Å². The van der Waals surface area contributed by atoms with Crippen molar-refractivity contribution in [2.45, 2.75) is 60.5 Å². The summed E-state index contributed by atoms with van der Waals surface area (Å²) < 4.78 is 0. The van der Waals surface area contributed by atoms with Gasteiger partial charge in [-0.2, -0.15) is 0 Å². The molecule has 1 unspecified atom stereocenters. The number of aliphatic carboxylic acids is 1. The molecule has 6 heteroatoms. The van der Waals surface area contributed by atoms with E-state index in [1.807, 2.05) is 0 Å². The average Bonchev–Trinajstić information content (AvgIpc) is 2.21. The molecule has 3 N–H and O–H groups in total. The molecule has 0 bridgehead atoms. The van der Waals surface area contributed by atoms with Gasteiger partial charge in [0.2, 0.25) is 11.8 Å². The Bertz CT molecular complexity index is 391. The molecule has 20 heavy (non-hydrogen) atoms. The van der Waals surface area contributed by atoms with Crippen LogP contribution >= 0.6 is 0 Å². The summed E-state index contributed by atoms with van der Waals surface area (Å²) in [6.07, 6.45) is 0. The van der Waals surface area contributed by atoms with E-state index in [0.29, 0.717) is 0 Å². The lowest BCUT2D eigenvalue weighted by Gasteiger charge is -2.29. The van der Waals surface area contributed by atoms with E-state index >= 15 is 0 Å². The second-order valence-corrected chi connectivity index (χ2v) is 7.09. The van der Waals surface area contributed by atoms with Gasteiger partial charge >= 0.3 is 5.97 Å². The molecule has 2 amide bonds. The van der Waals surface area contributed by atoms with Gasteiger partial charge in [-0.3, -0.25) is 9.59 Å². The number of rotatable bonds is 4. The summed E-state index contributed by atoms with van der Waals surface area (Å²) in [4.78, 5) is 35.0. The van der Waals surface area contributed by atoms with Crippen molar-refractivity contribution < 1.29 is 19.5 Å². The maximum Gasteiger partial charge on any atom is 0.326 e. The number of carboxylic acids is 1. The molecule has 0 aliphatic carbocycles. The highest BCUT2D eigenvalue weighted by atomic mass is 16.4. The molecule has 0 heterocycles. The first-order valence-electron chi connectivity index (χ1n) is 6.61. The first kappa shape index (κ1) is 18.4. The fourth-order valence-electron chi connectivity index (χ4n) is 1.39. The van der Waals surface area contributed by atoms with E-state index in [1.54, 1.807) is 41.5 Å². The van der Waals surface area contributed by atoms with Gasteiger partial charge in [0.15, 0.2) is 0 Å². The normalized spacial score (nSPS) is 15.2. The van der Waals surface area contributed by atoms with Gasteiger partial charge in [0, 0.05) is 5.41 Å². The molecule has 0 saturated heterocycles. The second-order valence-electron chi connectivity index (χ2n) is 7.09. The third-order valence-electron chi connectivity index (χ3n) is 2.82. The van der Waals surface area contributed by atoms with E-state index < -0.39 is 34.8 Å². The van der Waals surface area contributed by atoms with Gasteiger partial charge < -0.3 is 15.7 Å². The maximum absolute atomic E-state index is 12.0. The lowest BCUT2D eigenvalue weighted by molar-refractivity contribution is -0.145. The van der Waals surface area contributed by atoms with Crippen molar-refractivity contribution in [1.29, 1.82) is 0 Å². The van der Waals surface area contributed by atoms with Gasteiger partial charge in [0.25, 0.3) is 0 Å². The Kier molecular flexibility index (Phi) is 5.74. The van der Waals surface area contributed by atoms with Gasteiger partial charge in [0.05, 0.1) is 0 Å². The third kappa shape index (κ3) is 5.59. The van der Waals surface area contributed by atoms with Crippen molar-refractivity contribution in [3.63, 3.8) is 0 Å². The van der Waals surface area contributed by atoms with Crippen molar-refractivity contribution >= 4 is 17.8 Å². The molecule has 0 saturated carbocycles. The standard InChI is InChI=1S/C14H26N2O4/c1-8(15-12(20)14(5,6)7)10(17)16-9(11(18)19)13(2,3)4/h8-9H,1-7H3,(H,15,20)(H,16,17)(H,18,19)/t8?,9-/m1/s1. The summed E-state index contributed by atoms with van der Waals surface area (Å²) in [7, 11) is 0. The molecule has 2 atom stereocenters. The third-order valence-corrected chi connectivity index (χ3v) is 2.82. The van der Waals surface area contributed by atoms with Crippen LogP contribution in [0.5, 0.6) is 0 Å². The molecule has 0 rings (SSSR count). The molecule has 0 aromatic rings. The highest BCUT2D eigenvalue weighted by Crippen LogP contribution is 2.19. The number of hydrogen-bond acceptors (Lipinski definition) is 3. The van der Waals surface area contributed by atoms with E-state index in [1.165, 1.54) is 6.92 Å². The molecule has 0 aliphatic rings. The summed E-state index contributed by atoms with van der Waals surface area (Å²) in [6, 6.07) is -1.80. The van der Waals surface area contributed by atoms with E-state index in [4.69, 9.17) is 5.11 Å². The number of carbonyl (C=O) groups excluding carboxylic acids is 2. The number of amides is 2. The van der Waals surface area contributed by atoms with Crippen LogP contribution in [-0.2, 0) is 14.4 Å². The summed E-state index contributed by atoms with van der Waals surface area (Å²) >= 11 is 0. The number of hydrogen-bond donors (Lipinski definition) is 3. The molecule has 0 radical (unpaired) electrons. The highest BCUT2D eigenvalue weighted by Gasteiger charge is 2.34. The van der Waals surface area contributed by atoms with Gasteiger partial charge in [-0.1, -0.05) is 41.5 Å². The lowest BCUT2D eigenvalue weighted by atomic mass is 9.86. The Balaban J connectivity index is 4.76. The van der Waals surface area contributed by atoms with E-state index in [-0.39, 0.29) is 5.91 Å². The fourth-order valence-corrected chi connectivity index (χ4v) is 1.39. The van der Waals surface area contributed by atoms with Gasteiger partial charge in [-0.15, -0.1) is 0 Å². The molecule has 6 nitrogen and oxygen atoms in total. The summed E-state index contributed by atoms with van der Waals surface area (Å²) in [5.74, 6) is -1.87. The Labute approximate surface area is 120 Å². The number of nitrogens with one attached hydrogen (secondary N) is 2. The maximum atomic E-state index is 12.0. The summed E-state index contributed by atoms with van der Waals surface area (Å²) in [5.41, 5.74) is -1.22. The quantitative estimate of drug-likeness (QED) is 0.722. The molecule has 0 spiro atoms. The average molecular weight is 286 g/mol. The summed E-state index contributed by atoms with van der Waals surface area (Å²) in [6.45, 7) is 11.9. The van der Waals surface area contributed by atoms with E-state index in [0.717, 1.165) is 0 Å². The predicted octanol–water partition coefficient (Wildman–Crippen LogP) is 1.15. The van der Waals surface area contributed by atoms with E-state index in [9.17, 15) is 14.4 Å². The Morgan fingerprint density at radius 1 is 0.950 bits per heavy atom. The zero-order valence-corrected chi connectivity index (χ0v) is 13.3. The molecule has 0 fully saturated rings. The van der Waals surface area contributed by atoms with Crippen LogP contribution in [-0.4, -0.2) is 35.0 Å². The number of carboxylic acid groups (broad SMARTS) is 1. The van der Waals surface area contributed by atoms with Crippen LogP contribution in [0.4, 0.5) is 0 Å². The summed E-state index contributed by atoms with van der Waals surface area (Å²) in [5, 5.41) is 14.2. The van der Waals surface area contributed by atoms with Crippen LogP contribution in [0.15, 0.2) is 0 Å². The van der Waals surface area contributed by atoms with Crippen LogP contribution < -0.4 is 10.6 Å². The zero-order valence-electron chi connectivity index (χ0n) is 13.3. The van der Waals surface area contributed by atoms with Crippen molar-refractivity contribution in [2.24, 2.45) is 10.8 Å². The minimum atomic E-state index is -1.10. The largest absolute Gasteiger partial charge is 0.480 e. The molecule has 0 aromatic carbocycles. The van der Waals surface area contributed by atoms with E-state index in [2.05, 4.69) is 10.6 Å². The smallest absolute Gasteiger partial charge is 0.326 e. The van der Waals surface area contributed by atoms with Gasteiger partial charge in [0.1, 0.15) is 12.1 Å². The lowest BCUT2D eigenvalue weighted by Crippen LogP contribution is -2.55. The Morgan fingerprint density at radius 3 is 1.70 bits per heavy atom. The first-order chi connectivity index (χ1) is 8.76. The highest BCUT2D eigenvalue weighted by molar-refractivity contribution is 5.91. The van der Waals surface area contributed by atoms with Crippen molar-refractivity contribution in [3.8, 4) is 0 Å². The topological polar surface area (TPSA) is 95.5 Å². The van der Waals surface area contributed by atoms with Crippen LogP contribution in [0.3, 0.4) is 0 Å². The van der Waals surface area contributed by atoms with Crippen molar-refractivity contribution in [2.75, 3.05) is 0 Å². The van der Waals surface area contributed by atoms with Gasteiger partial charge in [-0.25, -0.2) is 4.79 Å². The second kappa shape index (κ2) is 6.24. The molecular weight excluding hydrogens is 260 g/mol. The fraction of sp³-hybridized carbons (Fsp3) is 0.786. The first-order valence-corrected chi connectivity index (χ1v) is 6.61. The molecule has 0 aliphatic heterocycles. The minimum absolute atomic E-state index is 0.261. The van der Waals surface area contributed by atoms with Crippen molar-refractivity contribution in [1.82, 2.24) is 10.6 Å². The van der Waals surface area contributed by atoms with Crippen LogP contribution in [0.2, 0.25) is 0 Å². The predicted molar refractivity (Wildman–Crippen MR) is 76.1 cm³/mol. The molecule has 116 valence electrons.